The third-order valence-corrected chi connectivity index (χ3v) is 13.1. The number of benzene rings is 6. The van der Waals surface area contributed by atoms with Crippen molar-refractivity contribution < 1.29 is 154 Å². The topological polar surface area (TPSA) is 346 Å². The third-order valence-electron chi connectivity index (χ3n) is 11.6. The minimum atomic E-state index is -5.28. The van der Waals surface area contributed by atoms with Crippen LogP contribution in [0.25, 0.3) is 11.1 Å². The summed E-state index contributed by atoms with van der Waals surface area (Å²) in [5.74, 6) is -5.23. The molecule has 0 fully saturated rings. The first-order chi connectivity index (χ1) is 40.5. The van der Waals surface area contributed by atoms with Crippen LogP contribution in [-0.4, -0.2) is 85.4 Å². The van der Waals surface area contributed by atoms with Crippen molar-refractivity contribution in [3.63, 3.8) is 0 Å². The molecule has 0 bridgehead atoms. The smallest absolute Gasteiger partial charge is 0.744 e. The van der Waals surface area contributed by atoms with Gasteiger partial charge in [0.1, 0.15) is 44.2 Å². The molecule has 6 aromatic carbocycles. The number of carbonyl (C=O) groups is 6. The number of hydrogen-bond acceptors (Lipinski definition) is 23. The van der Waals surface area contributed by atoms with Gasteiger partial charge in [0, 0.05) is 22.6 Å². The van der Waals surface area contributed by atoms with Gasteiger partial charge in [-0.05, 0) is 166 Å². The number of esters is 4. The SMILES string of the molecule is C=CC(=O)OCCCCCCOc1ccc(C(=O)Oc2ccc(N=Nc3ccc(-c4ccc(N=Nc5ccc(OC(=O)c6ccc(OCCCCCCOC(=O)C=C)cc6)c(C(=O)O)c5)cc4S(=O)(=O)[O-])c(SOO[O-])c3)cc2C(=O)O)cc1.[Na+].[Na+]. The Morgan fingerprint density at radius 1 is 0.512 bits per heavy atom. The van der Waals surface area contributed by atoms with Crippen LogP contribution < -0.4 is 83.3 Å². The summed E-state index contributed by atoms with van der Waals surface area (Å²) in [6, 6.07) is 26.6. The van der Waals surface area contributed by atoms with Crippen LogP contribution in [-0.2, 0) is 38.6 Å². The Kier molecular flexibility index (Phi) is 30.2. The molecule has 0 heterocycles. The van der Waals surface area contributed by atoms with Crippen molar-refractivity contribution in [2.24, 2.45) is 20.5 Å². The Labute approximate surface area is 541 Å². The van der Waals surface area contributed by atoms with Crippen molar-refractivity contribution in [1.29, 1.82) is 0 Å². The molecule has 86 heavy (non-hydrogen) atoms. The molecular formula is C58H52N4Na2O20S2. The molecule has 0 spiro atoms. The van der Waals surface area contributed by atoms with E-state index in [9.17, 15) is 57.2 Å². The van der Waals surface area contributed by atoms with E-state index in [1.54, 1.807) is 24.3 Å². The number of carboxylic acids is 2. The summed E-state index contributed by atoms with van der Waals surface area (Å²) in [6.07, 6.45) is 8.45. The first-order valence-corrected chi connectivity index (χ1v) is 27.6. The van der Waals surface area contributed by atoms with Crippen molar-refractivity contribution in [3.05, 3.63) is 169 Å². The summed E-state index contributed by atoms with van der Waals surface area (Å²) in [4.78, 5) is 72.0. The average molecular weight is 1240 g/mol. The van der Waals surface area contributed by atoms with E-state index in [0.29, 0.717) is 62.8 Å². The van der Waals surface area contributed by atoms with Crippen LogP contribution in [0.15, 0.2) is 177 Å². The standard InChI is InChI=1S/C58H54N4O20S2.2Na/c1-3-53(63)77-31-11-7-5-9-29-75-43-21-13-37(14-22-43)57(69)79-49-27-19-39(33-47(49)55(65)66)59-61-41-17-25-45(51(35-41)83-82-81-71)46-26-18-42(36-52(46)84(72,73)74)62-60-40-20-28-50(48(34-40)56(67)68)80-58(70)38-15-23-44(24-16-38)76-30-10-6-8-12-32-78-54(64)4-2;;/h3-4,13-28,33-36,71H,1-2,5-12,29-32H2,(H,65,66)(H,67,68)(H,72,73,74);;/q;2*+1/p-2. The van der Waals surface area contributed by atoms with Crippen LogP contribution in [0.4, 0.5) is 22.7 Å². The number of azo groups is 2. The monoisotopic (exact) mass is 1230 g/mol. The Hall–Kier alpha value is -7.44. The van der Waals surface area contributed by atoms with E-state index in [0.717, 1.165) is 68.9 Å². The van der Waals surface area contributed by atoms with Gasteiger partial charge in [0.2, 0.25) is 0 Å². The van der Waals surface area contributed by atoms with Gasteiger partial charge in [-0.3, -0.25) is 5.04 Å². The molecule has 0 aliphatic carbocycles. The van der Waals surface area contributed by atoms with Gasteiger partial charge in [-0.1, -0.05) is 25.3 Å². The molecule has 28 heteroatoms. The summed E-state index contributed by atoms with van der Waals surface area (Å²) in [6.45, 7) is 8.12. The normalized spacial score (nSPS) is 11.0. The van der Waals surface area contributed by atoms with Crippen LogP contribution in [0, 0.1) is 0 Å². The zero-order chi connectivity index (χ0) is 60.4. The van der Waals surface area contributed by atoms with Crippen LogP contribution in [0.3, 0.4) is 0 Å². The molecule has 0 saturated heterocycles. The number of hydrogen-bond donors (Lipinski definition) is 2. The fraction of sp³-hybridized carbons (Fsp3) is 0.207. The van der Waals surface area contributed by atoms with E-state index in [1.807, 2.05) is 0 Å². The van der Waals surface area contributed by atoms with Gasteiger partial charge in [-0.2, -0.15) is 24.8 Å². The molecule has 0 saturated carbocycles. The number of carboxylic acid groups (broad SMARTS) is 2. The second-order valence-electron chi connectivity index (χ2n) is 17.5. The molecule has 0 amide bonds. The first kappa shape index (κ1) is 71.0. The Morgan fingerprint density at radius 2 is 0.895 bits per heavy atom. The molecule has 0 aliphatic heterocycles. The van der Waals surface area contributed by atoms with Crippen LogP contribution in [0.2, 0.25) is 0 Å². The maximum absolute atomic E-state index is 13.0. The van der Waals surface area contributed by atoms with Crippen LogP contribution >= 0.6 is 12.0 Å². The largest absolute Gasteiger partial charge is 1.00 e. The number of nitrogens with zero attached hydrogens (tertiary/aromatic N) is 4. The maximum atomic E-state index is 13.0. The number of aromatic carboxylic acids is 2. The summed E-state index contributed by atoms with van der Waals surface area (Å²) >= 11 is 0.326. The van der Waals surface area contributed by atoms with Gasteiger partial charge in [-0.25, -0.2) is 37.2 Å². The summed E-state index contributed by atoms with van der Waals surface area (Å²) < 4.78 is 74.9. The fourth-order valence-corrected chi connectivity index (χ4v) is 8.72. The number of unbranched alkanes of at least 4 members (excludes halogenated alkanes) is 6. The Balaban J connectivity index is 0.00000792. The summed E-state index contributed by atoms with van der Waals surface area (Å²) in [5, 5.41) is 50.6. The van der Waals surface area contributed by atoms with E-state index < -0.39 is 62.0 Å². The molecule has 0 atom stereocenters. The van der Waals surface area contributed by atoms with Gasteiger partial charge in [0.05, 0.1) is 77.2 Å². The zero-order valence-corrected chi connectivity index (χ0v) is 52.1. The molecule has 0 aliphatic rings. The fourth-order valence-electron chi connectivity index (χ4n) is 7.47. The van der Waals surface area contributed by atoms with E-state index >= 15 is 0 Å². The maximum Gasteiger partial charge on any atom is 1.00 e. The number of rotatable bonds is 33. The number of carbonyl (C=O) groups excluding carboxylic acids is 4. The molecule has 2 N–H and O–H groups in total. The molecule has 0 radical (unpaired) electrons. The quantitative estimate of drug-likeness (QED) is 0.00491. The van der Waals surface area contributed by atoms with Gasteiger partial charge in [0.15, 0.2) is 0 Å². The van der Waals surface area contributed by atoms with E-state index in [-0.39, 0.29) is 121 Å². The molecule has 438 valence electrons. The first-order valence-electron chi connectivity index (χ1n) is 25.4. The van der Waals surface area contributed by atoms with Gasteiger partial charge in [0.25, 0.3) is 0 Å². The van der Waals surface area contributed by atoms with E-state index in [4.69, 9.17) is 28.4 Å². The van der Waals surface area contributed by atoms with Crippen molar-refractivity contribution >= 4 is 80.7 Å². The minimum Gasteiger partial charge on any atom is -0.744 e. The second-order valence-corrected chi connectivity index (χ2v) is 19.6. The molecular weight excluding hydrogens is 1180 g/mol. The van der Waals surface area contributed by atoms with E-state index in [2.05, 4.69) is 43.0 Å². The van der Waals surface area contributed by atoms with Crippen LogP contribution in [0.1, 0.15) is 92.8 Å². The van der Waals surface area contributed by atoms with Crippen molar-refractivity contribution in [1.82, 2.24) is 0 Å². The zero-order valence-electron chi connectivity index (χ0n) is 46.4. The van der Waals surface area contributed by atoms with Gasteiger partial charge < -0.3 is 48.4 Å². The van der Waals surface area contributed by atoms with Gasteiger partial charge >= 0.3 is 94.9 Å². The molecule has 24 nitrogen and oxygen atoms in total. The van der Waals surface area contributed by atoms with Crippen molar-refractivity contribution in [2.75, 3.05) is 26.4 Å². The van der Waals surface area contributed by atoms with E-state index in [1.165, 1.54) is 78.9 Å². The van der Waals surface area contributed by atoms with Crippen LogP contribution in [0.5, 0.6) is 23.0 Å². The van der Waals surface area contributed by atoms with Crippen molar-refractivity contribution in [3.8, 4) is 34.1 Å². The predicted octanol–water partition coefficient (Wildman–Crippen LogP) is 5.50. The predicted molar refractivity (Wildman–Crippen MR) is 296 cm³/mol. The second kappa shape index (κ2) is 36.5. The number of ether oxygens (including phenoxy) is 6. The summed E-state index contributed by atoms with van der Waals surface area (Å²) in [5.41, 5.74) is -1.04. The summed E-state index contributed by atoms with van der Waals surface area (Å²) in [7, 11) is -5.28. The molecule has 6 rings (SSSR count). The Bertz CT molecular complexity index is 3530. The third kappa shape index (κ3) is 22.8. The minimum absolute atomic E-state index is 0. The molecule has 0 unspecified atom stereocenters. The molecule has 0 aromatic heterocycles. The van der Waals surface area contributed by atoms with Gasteiger partial charge in [-0.15, -0.1) is 0 Å². The Morgan fingerprint density at radius 3 is 1.29 bits per heavy atom. The van der Waals surface area contributed by atoms with Crippen molar-refractivity contribution in [2.45, 2.75) is 61.2 Å². The molecule has 6 aromatic rings. The average Bonchev–Trinajstić information content (AvgIpc) is 1.21.